The summed E-state index contributed by atoms with van der Waals surface area (Å²) in [6, 6.07) is 9.25. The Morgan fingerprint density at radius 1 is 1.12 bits per heavy atom. The van der Waals surface area contributed by atoms with Crippen LogP contribution in [0, 0.1) is 13.8 Å². The Morgan fingerprint density at radius 3 is 2.39 bits per heavy atom. The summed E-state index contributed by atoms with van der Waals surface area (Å²) in [7, 11) is 0. The van der Waals surface area contributed by atoms with Gasteiger partial charge in [-0.1, -0.05) is 18.2 Å². The lowest BCUT2D eigenvalue weighted by Gasteiger charge is -2.24. The van der Waals surface area contributed by atoms with E-state index in [1.165, 1.54) is 0 Å². The number of hydrogen-bond donors (Lipinski definition) is 2. The van der Waals surface area contributed by atoms with Crippen molar-refractivity contribution in [3.05, 3.63) is 52.6 Å². The molecule has 3 rings (SSSR count). The molecule has 0 aromatic heterocycles. The van der Waals surface area contributed by atoms with Crippen LogP contribution in [0.3, 0.4) is 0 Å². The molecule has 0 heterocycles. The third-order valence-electron chi connectivity index (χ3n) is 5.54. The lowest BCUT2D eigenvalue weighted by Crippen LogP contribution is -2.36. The molecule has 6 nitrogen and oxygen atoms in total. The van der Waals surface area contributed by atoms with Crippen molar-refractivity contribution in [2.24, 2.45) is 0 Å². The number of esters is 1. The van der Waals surface area contributed by atoms with Crippen molar-refractivity contribution in [1.82, 2.24) is 5.32 Å². The SMILES string of the molecule is CCOC(=O)C[C@H](NC(=O)OC(C)(C)C)c1cc(-c2c(C)cc(C)cc2O)cc(C2CC2)c1. The average Bonchev–Trinajstić information content (AvgIpc) is 3.50. The minimum atomic E-state index is -0.662. The lowest BCUT2D eigenvalue weighted by molar-refractivity contribution is -0.143. The van der Waals surface area contributed by atoms with Crippen molar-refractivity contribution in [1.29, 1.82) is 0 Å². The molecule has 6 heteroatoms. The summed E-state index contributed by atoms with van der Waals surface area (Å²) < 4.78 is 10.6. The number of aromatic hydroxyl groups is 1. The smallest absolute Gasteiger partial charge is 0.408 e. The maximum atomic E-state index is 12.6. The monoisotopic (exact) mass is 453 g/mol. The number of rotatable bonds is 7. The van der Waals surface area contributed by atoms with Crippen LogP contribution in [-0.2, 0) is 14.3 Å². The first kappa shape index (κ1) is 24.6. The molecule has 2 aromatic rings. The number of carbonyl (C=O) groups excluding carboxylic acids is 2. The minimum absolute atomic E-state index is 0.0144. The second-order valence-electron chi connectivity index (χ2n) is 9.85. The number of benzene rings is 2. The van der Waals surface area contributed by atoms with Crippen molar-refractivity contribution in [2.75, 3.05) is 6.61 Å². The summed E-state index contributed by atoms with van der Waals surface area (Å²) in [5.41, 5.74) is 4.84. The number of alkyl carbamates (subject to hydrolysis) is 1. The van der Waals surface area contributed by atoms with Crippen LogP contribution in [0.25, 0.3) is 11.1 Å². The number of nitrogens with one attached hydrogen (secondary N) is 1. The molecule has 1 aliphatic carbocycles. The second kappa shape index (κ2) is 9.86. The predicted molar refractivity (Wildman–Crippen MR) is 128 cm³/mol. The fourth-order valence-electron chi connectivity index (χ4n) is 4.08. The molecule has 0 radical (unpaired) electrons. The molecule has 2 aromatic carbocycles. The Balaban J connectivity index is 2.05. The van der Waals surface area contributed by atoms with Gasteiger partial charge in [-0.3, -0.25) is 4.79 Å². The van der Waals surface area contributed by atoms with E-state index in [2.05, 4.69) is 11.4 Å². The Bertz CT molecular complexity index is 1010. The van der Waals surface area contributed by atoms with E-state index in [-0.39, 0.29) is 18.8 Å². The molecule has 0 spiro atoms. The Kier molecular flexibility index (Phi) is 7.35. The summed E-state index contributed by atoms with van der Waals surface area (Å²) in [6.07, 6.45) is 1.59. The summed E-state index contributed by atoms with van der Waals surface area (Å²) in [5.74, 6) is 0.265. The molecular weight excluding hydrogens is 418 g/mol. The van der Waals surface area contributed by atoms with Gasteiger partial charge in [0.25, 0.3) is 0 Å². The van der Waals surface area contributed by atoms with Gasteiger partial charge >= 0.3 is 12.1 Å². The summed E-state index contributed by atoms with van der Waals surface area (Å²) >= 11 is 0. The highest BCUT2D eigenvalue weighted by Gasteiger charge is 2.28. The fourth-order valence-corrected chi connectivity index (χ4v) is 4.08. The van der Waals surface area contributed by atoms with E-state index in [0.717, 1.165) is 46.2 Å². The first-order valence-corrected chi connectivity index (χ1v) is 11.6. The fraction of sp³-hybridized carbons (Fsp3) is 0.481. The minimum Gasteiger partial charge on any atom is -0.507 e. The molecule has 1 atom stereocenters. The maximum Gasteiger partial charge on any atom is 0.408 e. The average molecular weight is 454 g/mol. The zero-order chi connectivity index (χ0) is 24.3. The van der Waals surface area contributed by atoms with Crippen molar-refractivity contribution in [3.63, 3.8) is 0 Å². The molecule has 1 saturated carbocycles. The number of phenolic OH excluding ortho intramolecular Hbond substituents is 1. The Labute approximate surface area is 196 Å². The number of carbonyl (C=O) groups is 2. The van der Waals surface area contributed by atoms with Crippen LogP contribution >= 0.6 is 0 Å². The molecule has 0 unspecified atom stereocenters. The van der Waals surface area contributed by atoms with Gasteiger partial charge in [-0.25, -0.2) is 4.79 Å². The van der Waals surface area contributed by atoms with Crippen LogP contribution < -0.4 is 5.32 Å². The van der Waals surface area contributed by atoms with Gasteiger partial charge < -0.3 is 19.9 Å². The van der Waals surface area contributed by atoms with Gasteiger partial charge in [-0.05, 0) is 100 Å². The van der Waals surface area contributed by atoms with Crippen molar-refractivity contribution in [2.45, 2.75) is 78.4 Å². The van der Waals surface area contributed by atoms with Crippen LogP contribution in [0.2, 0.25) is 0 Å². The van der Waals surface area contributed by atoms with Crippen LogP contribution in [0.15, 0.2) is 30.3 Å². The van der Waals surface area contributed by atoms with Gasteiger partial charge in [-0.15, -0.1) is 0 Å². The van der Waals surface area contributed by atoms with Crippen LogP contribution in [0.4, 0.5) is 4.79 Å². The largest absolute Gasteiger partial charge is 0.507 e. The molecule has 0 bridgehead atoms. The van der Waals surface area contributed by atoms with E-state index in [0.29, 0.717) is 5.92 Å². The van der Waals surface area contributed by atoms with E-state index >= 15 is 0 Å². The summed E-state index contributed by atoms with van der Waals surface area (Å²) in [4.78, 5) is 25.0. The topological polar surface area (TPSA) is 84.9 Å². The molecular formula is C27H35NO5. The number of phenols is 1. The van der Waals surface area contributed by atoms with Gasteiger partial charge in [-0.2, -0.15) is 0 Å². The first-order chi connectivity index (χ1) is 15.5. The number of amides is 1. The van der Waals surface area contributed by atoms with Gasteiger partial charge in [0.15, 0.2) is 0 Å². The van der Waals surface area contributed by atoms with Gasteiger partial charge in [0, 0.05) is 5.56 Å². The molecule has 0 aliphatic heterocycles. The van der Waals surface area contributed by atoms with Crippen molar-refractivity contribution >= 4 is 12.1 Å². The highest BCUT2D eigenvalue weighted by atomic mass is 16.6. The zero-order valence-corrected chi connectivity index (χ0v) is 20.5. The van der Waals surface area contributed by atoms with E-state index in [4.69, 9.17) is 9.47 Å². The Morgan fingerprint density at radius 2 is 1.82 bits per heavy atom. The first-order valence-electron chi connectivity index (χ1n) is 11.6. The third-order valence-corrected chi connectivity index (χ3v) is 5.54. The standard InChI is InChI=1S/C27H35NO5/c1-7-32-24(30)15-22(28-26(31)33-27(4,5)6)20-12-19(18-8-9-18)13-21(14-20)25-17(3)10-16(2)11-23(25)29/h10-14,18,22,29H,7-9,15H2,1-6H3,(H,28,31)/t22-/m0/s1. The number of aryl methyl sites for hydroxylation is 2. The van der Waals surface area contributed by atoms with Crippen LogP contribution in [-0.4, -0.2) is 29.4 Å². The van der Waals surface area contributed by atoms with Crippen molar-refractivity contribution < 1.29 is 24.2 Å². The molecule has 178 valence electrons. The summed E-state index contributed by atoms with van der Waals surface area (Å²) in [5, 5.41) is 13.6. The van der Waals surface area contributed by atoms with Crippen molar-refractivity contribution in [3.8, 4) is 16.9 Å². The quantitative estimate of drug-likeness (QED) is 0.497. The Hall–Kier alpha value is -3.02. The highest BCUT2D eigenvalue weighted by Crippen LogP contribution is 2.44. The summed E-state index contributed by atoms with van der Waals surface area (Å²) in [6.45, 7) is 11.3. The zero-order valence-electron chi connectivity index (χ0n) is 20.5. The number of ether oxygens (including phenoxy) is 2. The molecule has 1 amide bonds. The predicted octanol–water partition coefficient (Wildman–Crippen LogP) is 6.07. The molecule has 2 N–H and O–H groups in total. The lowest BCUT2D eigenvalue weighted by atomic mass is 9.91. The van der Waals surface area contributed by atoms with E-state index < -0.39 is 23.7 Å². The number of hydrogen-bond acceptors (Lipinski definition) is 5. The highest BCUT2D eigenvalue weighted by molar-refractivity contribution is 5.77. The third kappa shape index (κ3) is 6.73. The second-order valence-corrected chi connectivity index (χ2v) is 9.85. The molecule has 1 fully saturated rings. The normalized spacial score (nSPS) is 14.5. The maximum absolute atomic E-state index is 12.6. The molecule has 1 aliphatic rings. The van der Waals surface area contributed by atoms with E-state index in [1.54, 1.807) is 33.8 Å². The molecule has 33 heavy (non-hydrogen) atoms. The van der Waals surface area contributed by atoms with Gasteiger partial charge in [0.1, 0.15) is 11.4 Å². The van der Waals surface area contributed by atoms with Gasteiger partial charge in [0.2, 0.25) is 0 Å². The molecule has 0 saturated heterocycles. The van der Waals surface area contributed by atoms with Gasteiger partial charge in [0.05, 0.1) is 19.1 Å². The van der Waals surface area contributed by atoms with Crippen LogP contribution in [0.5, 0.6) is 5.75 Å². The van der Waals surface area contributed by atoms with E-state index in [1.807, 2.05) is 32.0 Å². The van der Waals surface area contributed by atoms with Crippen LogP contribution in [0.1, 0.15) is 81.2 Å². The van der Waals surface area contributed by atoms with E-state index in [9.17, 15) is 14.7 Å².